The number of rotatable bonds is 5. The van der Waals surface area contributed by atoms with Crippen LogP contribution in [-0.4, -0.2) is 73.5 Å². The molecule has 0 aromatic heterocycles. The minimum atomic E-state index is -0.235. The Balaban J connectivity index is 1.18. The summed E-state index contributed by atoms with van der Waals surface area (Å²) >= 11 is 0. The van der Waals surface area contributed by atoms with E-state index in [0.29, 0.717) is 25.2 Å². The maximum absolute atomic E-state index is 13.1. The number of halogens is 1. The first kappa shape index (κ1) is 21.3. The second-order valence-corrected chi connectivity index (χ2v) is 8.23. The van der Waals surface area contributed by atoms with E-state index >= 15 is 0 Å². The highest BCUT2D eigenvalue weighted by molar-refractivity contribution is 5.94. The fourth-order valence-corrected chi connectivity index (χ4v) is 4.25. The lowest BCUT2D eigenvalue weighted by Crippen LogP contribution is -2.52. The van der Waals surface area contributed by atoms with Crippen molar-refractivity contribution in [2.45, 2.75) is 18.9 Å². The number of carbonyl (C=O) groups excluding carboxylic acids is 2. The average molecular weight is 425 g/mol. The SMILES string of the molecule is O=C(NC1CCN(CC(=O)N2CCN(c3ccc(F)cc3)CC2)CC1)c1ccccc1. The van der Waals surface area contributed by atoms with Crippen molar-refractivity contribution < 1.29 is 14.0 Å². The van der Waals surface area contributed by atoms with Crippen LogP contribution in [0.2, 0.25) is 0 Å². The van der Waals surface area contributed by atoms with Gasteiger partial charge in [-0.1, -0.05) is 18.2 Å². The van der Waals surface area contributed by atoms with Crippen molar-refractivity contribution in [1.29, 1.82) is 0 Å². The van der Waals surface area contributed by atoms with E-state index in [1.54, 1.807) is 12.1 Å². The van der Waals surface area contributed by atoms with E-state index in [4.69, 9.17) is 0 Å². The number of hydrogen-bond acceptors (Lipinski definition) is 4. The average Bonchev–Trinajstić information content (AvgIpc) is 2.81. The molecule has 0 atom stereocenters. The monoisotopic (exact) mass is 424 g/mol. The van der Waals surface area contributed by atoms with Crippen LogP contribution in [0.15, 0.2) is 54.6 Å². The lowest BCUT2D eigenvalue weighted by atomic mass is 10.0. The second kappa shape index (κ2) is 9.92. The van der Waals surface area contributed by atoms with Gasteiger partial charge >= 0.3 is 0 Å². The summed E-state index contributed by atoms with van der Waals surface area (Å²) < 4.78 is 13.1. The third-order valence-electron chi connectivity index (χ3n) is 6.14. The number of benzene rings is 2. The van der Waals surface area contributed by atoms with Crippen molar-refractivity contribution in [3.63, 3.8) is 0 Å². The normalized spacial score (nSPS) is 18.1. The molecule has 2 aromatic carbocycles. The van der Waals surface area contributed by atoms with E-state index in [1.165, 1.54) is 12.1 Å². The smallest absolute Gasteiger partial charge is 0.251 e. The van der Waals surface area contributed by atoms with Crippen LogP contribution in [0.5, 0.6) is 0 Å². The van der Waals surface area contributed by atoms with Crippen LogP contribution < -0.4 is 10.2 Å². The first-order valence-corrected chi connectivity index (χ1v) is 10.9. The number of amides is 2. The topological polar surface area (TPSA) is 55.9 Å². The molecule has 31 heavy (non-hydrogen) atoms. The summed E-state index contributed by atoms with van der Waals surface area (Å²) in [5.41, 5.74) is 1.67. The van der Waals surface area contributed by atoms with E-state index in [9.17, 15) is 14.0 Å². The molecule has 2 aromatic rings. The number of nitrogens with one attached hydrogen (secondary N) is 1. The standard InChI is InChI=1S/C24H29FN4O2/c25-20-6-8-22(9-7-20)28-14-16-29(17-15-28)23(30)18-27-12-10-21(11-13-27)26-24(31)19-4-2-1-3-5-19/h1-9,21H,10-18H2,(H,26,31). The molecule has 2 saturated heterocycles. The fraction of sp³-hybridized carbons (Fsp3) is 0.417. The van der Waals surface area contributed by atoms with Crippen molar-refractivity contribution >= 4 is 17.5 Å². The molecular weight excluding hydrogens is 395 g/mol. The number of nitrogens with zero attached hydrogens (tertiary/aromatic N) is 3. The number of likely N-dealkylation sites (tertiary alicyclic amines) is 1. The number of anilines is 1. The molecule has 164 valence electrons. The largest absolute Gasteiger partial charge is 0.368 e. The maximum atomic E-state index is 13.1. The van der Waals surface area contributed by atoms with Crippen LogP contribution in [0.1, 0.15) is 23.2 Å². The quantitative estimate of drug-likeness (QED) is 0.801. The summed E-state index contributed by atoms with van der Waals surface area (Å²) in [5, 5.41) is 3.11. The van der Waals surface area contributed by atoms with Crippen LogP contribution in [0.25, 0.3) is 0 Å². The molecule has 2 heterocycles. The maximum Gasteiger partial charge on any atom is 0.251 e. The van der Waals surface area contributed by atoms with E-state index < -0.39 is 0 Å². The molecule has 2 fully saturated rings. The summed E-state index contributed by atoms with van der Waals surface area (Å²) in [4.78, 5) is 31.3. The van der Waals surface area contributed by atoms with Crippen molar-refractivity contribution in [2.75, 3.05) is 50.7 Å². The molecule has 4 rings (SSSR count). The molecular formula is C24H29FN4O2. The lowest BCUT2D eigenvalue weighted by Gasteiger charge is -2.38. The van der Waals surface area contributed by atoms with E-state index in [2.05, 4.69) is 15.1 Å². The van der Waals surface area contributed by atoms with Crippen LogP contribution in [0, 0.1) is 5.82 Å². The zero-order chi connectivity index (χ0) is 21.6. The molecule has 7 heteroatoms. The van der Waals surface area contributed by atoms with Gasteiger partial charge in [0.2, 0.25) is 5.91 Å². The van der Waals surface area contributed by atoms with Crippen molar-refractivity contribution in [3.05, 3.63) is 66.0 Å². The number of hydrogen-bond donors (Lipinski definition) is 1. The summed E-state index contributed by atoms with van der Waals surface area (Å²) in [6, 6.07) is 15.9. The Morgan fingerprint density at radius 2 is 1.52 bits per heavy atom. The molecule has 2 amide bonds. The predicted molar refractivity (Wildman–Crippen MR) is 119 cm³/mol. The Hall–Kier alpha value is -2.93. The number of piperidine rings is 1. The molecule has 0 aliphatic carbocycles. The van der Waals surface area contributed by atoms with Crippen molar-refractivity contribution in [3.8, 4) is 0 Å². The Kier molecular flexibility index (Phi) is 6.82. The van der Waals surface area contributed by atoms with E-state index in [0.717, 1.165) is 44.7 Å². The molecule has 1 N–H and O–H groups in total. The Labute approximate surface area is 182 Å². The molecule has 0 unspecified atom stereocenters. The third-order valence-corrected chi connectivity index (χ3v) is 6.14. The summed E-state index contributed by atoms with van der Waals surface area (Å²) in [6.45, 7) is 4.91. The van der Waals surface area contributed by atoms with Gasteiger partial charge in [0.15, 0.2) is 0 Å². The van der Waals surface area contributed by atoms with Gasteiger partial charge in [0.25, 0.3) is 5.91 Å². The molecule has 0 saturated carbocycles. The summed E-state index contributed by atoms with van der Waals surface area (Å²) in [7, 11) is 0. The molecule has 2 aliphatic heterocycles. The lowest BCUT2D eigenvalue weighted by molar-refractivity contribution is -0.133. The molecule has 0 spiro atoms. The predicted octanol–water partition coefficient (Wildman–Crippen LogP) is 2.37. The van der Waals surface area contributed by atoms with E-state index in [1.807, 2.05) is 35.2 Å². The van der Waals surface area contributed by atoms with Crippen molar-refractivity contribution in [2.24, 2.45) is 0 Å². The summed E-state index contributed by atoms with van der Waals surface area (Å²) in [6.07, 6.45) is 1.70. The van der Waals surface area contributed by atoms with Crippen LogP contribution in [0.3, 0.4) is 0 Å². The van der Waals surface area contributed by atoms with Crippen LogP contribution in [-0.2, 0) is 4.79 Å². The van der Waals surface area contributed by atoms with Gasteiger partial charge in [0.1, 0.15) is 5.82 Å². The van der Waals surface area contributed by atoms with Gasteiger partial charge in [0.05, 0.1) is 6.54 Å². The third kappa shape index (κ3) is 5.61. The zero-order valence-electron chi connectivity index (χ0n) is 17.7. The minimum absolute atomic E-state index is 0.0332. The molecule has 6 nitrogen and oxygen atoms in total. The molecule has 0 bridgehead atoms. The number of piperazine rings is 1. The Morgan fingerprint density at radius 1 is 0.871 bits per heavy atom. The fourth-order valence-electron chi connectivity index (χ4n) is 4.25. The van der Waals surface area contributed by atoms with Crippen LogP contribution in [0.4, 0.5) is 10.1 Å². The molecule has 0 radical (unpaired) electrons. The highest BCUT2D eigenvalue weighted by Gasteiger charge is 2.26. The molecule has 2 aliphatic rings. The van der Waals surface area contributed by atoms with Crippen LogP contribution >= 0.6 is 0 Å². The van der Waals surface area contributed by atoms with Gasteiger partial charge in [-0.05, 0) is 49.2 Å². The number of carbonyl (C=O) groups is 2. The van der Waals surface area contributed by atoms with Gasteiger partial charge in [-0.25, -0.2) is 4.39 Å². The Morgan fingerprint density at radius 3 is 2.16 bits per heavy atom. The van der Waals surface area contributed by atoms with Gasteiger partial charge in [-0.3, -0.25) is 14.5 Å². The first-order valence-electron chi connectivity index (χ1n) is 10.9. The van der Waals surface area contributed by atoms with Gasteiger partial charge < -0.3 is 15.1 Å². The highest BCUT2D eigenvalue weighted by Crippen LogP contribution is 2.17. The highest BCUT2D eigenvalue weighted by atomic mass is 19.1. The Bertz CT molecular complexity index is 874. The second-order valence-electron chi connectivity index (χ2n) is 8.23. The van der Waals surface area contributed by atoms with Gasteiger partial charge in [-0.15, -0.1) is 0 Å². The van der Waals surface area contributed by atoms with Gasteiger partial charge in [-0.2, -0.15) is 0 Å². The zero-order valence-corrected chi connectivity index (χ0v) is 17.7. The minimum Gasteiger partial charge on any atom is -0.368 e. The van der Waals surface area contributed by atoms with Crippen molar-refractivity contribution in [1.82, 2.24) is 15.1 Å². The first-order chi connectivity index (χ1) is 15.1. The van der Waals surface area contributed by atoms with Gasteiger partial charge in [0, 0.05) is 56.6 Å². The van der Waals surface area contributed by atoms with E-state index in [-0.39, 0.29) is 23.7 Å². The summed E-state index contributed by atoms with van der Waals surface area (Å²) in [5.74, 6) is -0.111.